The molecule has 3 aromatic carbocycles. The Hall–Kier alpha value is -3.80. The molecule has 1 heterocycles. The van der Waals surface area contributed by atoms with Crippen molar-refractivity contribution in [1.29, 1.82) is 0 Å². The van der Waals surface area contributed by atoms with E-state index in [1.54, 1.807) is 4.90 Å². The average molecular weight is 527 g/mol. The number of nitrogens with one attached hydrogen (secondary N) is 1. The second-order valence-corrected chi connectivity index (χ2v) is 10.9. The number of ether oxygens (including phenoxy) is 1. The summed E-state index contributed by atoms with van der Waals surface area (Å²) in [6.07, 6.45) is 6.26. The molecule has 6 heteroatoms. The van der Waals surface area contributed by atoms with Crippen molar-refractivity contribution in [2.45, 2.75) is 70.8 Å². The first-order valence-electron chi connectivity index (χ1n) is 14.2. The molecule has 2 aliphatic rings. The monoisotopic (exact) mass is 526 g/mol. The number of aryl methyl sites for hydroxylation is 1. The third-order valence-corrected chi connectivity index (χ3v) is 8.23. The van der Waals surface area contributed by atoms with Gasteiger partial charge in [-0.2, -0.15) is 0 Å². The number of anilines is 2. The van der Waals surface area contributed by atoms with E-state index in [0.717, 1.165) is 66.6 Å². The third kappa shape index (κ3) is 6.27. The summed E-state index contributed by atoms with van der Waals surface area (Å²) in [6, 6.07) is 22.6. The SMILES string of the molecule is CCc1ccccc1NC(=O)N1CC(C)Oc2cc(-c3ccc(C4CCC(CCC(=O)O)CC4)cc3)ccc21. The molecule has 1 aliphatic heterocycles. The predicted molar refractivity (Wildman–Crippen MR) is 156 cm³/mol. The van der Waals surface area contributed by atoms with Crippen LogP contribution in [0.4, 0.5) is 16.2 Å². The van der Waals surface area contributed by atoms with Gasteiger partial charge in [0.25, 0.3) is 0 Å². The van der Waals surface area contributed by atoms with Gasteiger partial charge in [-0.3, -0.25) is 9.69 Å². The number of fused-ring (bicyclic) bond motifs is 1. The summed E-state index contributed by atoms with van der Waals surface area (Å²) in [5, 5.41) is 12.1. The van der Waals surface area contributed by atoms with Gasteiger partial charge in [0.2, 0.25) is 0 Å². The number of carbonyl (C=O) groups excluding carboxylic acids is 1. The molecule has 6 nitrogen and oxygen atoms in total. The van der Waals surface area contributed by atoms with Crippen LogP contribution in [0.25, 0.3) is 11.1 Å². The Balaban J connectivity index is 1.27. The summed E-state index contributed by atoms with van der Waals surface area (Å²) in [4.78, 5) is 26.0. The van der Waals surface area contributed by atoms with E-state index in [-0.39, 0.29) is 18.6 Å². The van der Waals surface area contributed by atoms with E-state index in [2.05, 4.69) is 42.6 Å². The topological polar surface area (TPSA) is 78.9 Å². The lowest BCUT2D eigenvalue weighted by atomic mass is 9.77. The van der Waals surface area contributed by atoms with Crippen LogP contribution in [0.2, 0.25) is 0 Å². The van der Waals surface area contributed by atoms with Crippen LogP contribution in [0.3, 0.4) is 0 Å². The molecule has 0 saturated heterocycles. The normalized spacial score (nSPS) is 20.6. The molecule has 204 valence electrons. The van der Waals surface area contributed by atoms with E-state index >= 15 is 0 Å². The molecule has 0 spiro atoms. The van der Waals surface area contributed by atoms with Gasteiger partial charge in [-0.25, -0.2) is 4.79 Å². The van der Waals surface area contributed by atoms with E-state index in [1.807, 2.05) is 43.3 Å². The number of urea groups is 1. The van der Waals surface area contributed by atoms with Crippen LogP contribution in [0.15, 0.2) is 66.7 Å². The highest BCUT2D eigenvalue weighted by Gasteiger charge is 2.29. The number of aliphatic carboxylic acids is 1. The molecule has 0 aromatic heterocycles. The number of nitrogens with zero attached hydrogens (tertiary/aromatic N) is 1. The first-order valence-corrected chi connectivity index (χ1v) is 14.2. The molecule has 3 aromatic rings. The minimum Gasteiger partial charge on any atom is -0.487 e. The Labute approximate surface area is 231 Å². The van der Waals surface area contributed by atoms with Crippen LogP contribution in [0.5, 0.6) is 5.75 Å². The summed E-state index contributed by atoms with van der Waals surface area (Å²) in [5.41, 5.74) is 6.26. The lowest BCUT2D eigenvalue weighted by molar-refractivity contribution is -0.137. The number of carbonyl (C=O) groups is 2. The van der Waals surface area contributed by atoms with E-state index in [1.165, 1.54) is 5.56 Å². The summed E-state index contributed by atoms with van der Waals surface area (Å²) in [6.45, 7) is 4.56. The fraction of sp³-hybridized carbons (Fsp3) is 0.394. The first-order chi connectivity index (χ1) is 18.9. The molecule has 1 atom stereocenters. The van der Waals surface area contributed by atoms with Gasteiger partial charge in [0.1, 0.15) is 11.9 Å². The maximum absolute atomic E-state index is 13.3. The molecule has 1 fully saturated rings. The van der Waals surface area contributed by atoms with Crippen molar-refractivity contribution < 1.29 is 19.4 Å². The molecule has 2 amide bonds. The Morgan fingerprint density at radius 3 is 2.41 bits per heavy atom. The van der Waals surface area contributed by atoms with Gasteiger partial charge in [0.15, 0.2) is 0 Å². The molecule has 5 rings (SSSR count). The summed E-state index contributed by atoms with van der Waals surface area (Å²) in [5.74, 6) is 1.10. The van der Waals surface area contributed by atoms with E-state index in [4.69, 9.17) is 9.84 Å². The number of carboxylic acid groups (broad SMARTS) is 1. The molecular weight excluding hydrogens is 488 g/mol. The molecule has 1 saturated carbocycles. The summed E-state index contributed by atoms with van der Waals surface area (Å²) < 4.78 is 6.17. The van der Waals surface area contributed by atoms with E-state index in [9.17, 15) is 9.59 Å². The largest absolute Gasteiger partial charge is 0.487 e. The predicted octanol–water partition coefficient (Wildman–Crippen LogP) is 7.87. The number of hydrogen-bond donors (Lipinski definition) is 2. The van der Waals surface area contributed by atoms with Gasteiger partial charge in [-0.05, 0) is 97.7 Å². The van der Waals surface area contributed by atoms with Crippen LogP contribution in [-0.2, 0) is 11.2 Å². The number of carboxylic acids is 1. The smallest absolute Gasteiger partial charge is 0.326 e. The Morgan fingerprint density at radius 2 is 1.69 bits per heavy atom. The van der Waals surface area contributed by atoms with Crippen LogP contribution >= 0.6 is 0 Å². The second kappa shape index (κ2) is 11.9. The quantitative estimate of drug-likeness (QED) is 0.328. The van der Waals surface area contributed by atoms with Crippen LogP contribution in [-0.4, -0.2) is 29.8 Å². The second-order valence-electron chi connectivity index (χ2n) is 10.9. The minimum atomic E-state index is -0.691. The zero-order valence-electron chi connectivity index (χ0n) is 22.9. The fourth-order valence-corrected chi connectivity index (χ4v) is 6.01. The van der Waals surface area contributed by atoms with Gasteiger partial charge < -0.3 is 15.2 Å². The van der Waals surface area contributed by atoms with Crippen molar-refractivity contribution in [1.82, 2.24) is 0 Å². The number of amides is 2. The Bertz CT molecular complexity index is 1310. The highest BCUT2D eigenvalue weighted by Crippen LogP contribution is 2.40. The van der Waals surface area contributed by atoms with Gasteiger partial charge >= 0.3 is 12.0 Å². The molecule has 1 aliphatic carbocycles. The van der Waals surface area contributed by atoms with Crippen LogP contribution < -0.4 is 15.0 Å². The zero-order valence-corrected chi connectivity index (χ0v) is 22.9. The molecular formula is C33H38N2O4. The minimum absolute atomic E-state index is 0.118. The van der Waals surface area contributed by atoms with Crippen LogP contribution in [0.1, 0.15) is 69.4 Å². The molecule has 0 bridgehead atoms. The first kappa shape index (κ1) is 26.8. The Kier molecular flexibility index (Phi) is 8.20. The summed E-state index contributed by atoms with van der Waals surface area (Å²) >= 11 is 0. The molecule has 39 heavy (non-hydrogen) atoms. The average Bonchev–Trinajstić information content (AvgIpc) is 2.96. The van der Waals surface area contributed by atoms with Crippen molar-refractivity contribution in [2.75, 3.05) is 16.8 Å². The highest BCUT2D eigenvalue weighted by molar-refractivity contribution is 6.03. The maximum Gasteiger partial charge on any atom is 0.326 e. The van der Waals surface area contributed by atoms with Crippen LogP contribution in [0, 0.1) is 5.92 Å². The van der Waals surface area contributed by atoms with Gasteiger partial charge in [0, 0.05) is 12.1 Å². The lowest BCUT2D eigenvalue weighted by Crippen LogP contribution is -2.44. The van der Waals surface area contributed by atoms with E-state index in [0.29, 0.717) is 24.1 Å². The van der Waals surface area contributed by atoms with Crippen molar-refractivity contribution in [3.63, 3.8) is 0 Å². The number of para-hydroxylation sites is 1. The van der Waals surface area contributed by atoms with Gasteiger partial charge in [0.05, 0.1) is 12.2 Å². The maximum atomic E-state index is 13.3. The van der Waals surface area contributed by atoms with Crippen molar-refractivity contribution >= 4 is 23.4 Å². The standard InChI is InChI=1S/C33H38N2O4/c1-3-24-6-4-5-7-29(24)34-33(38)35-21-22(2)39-31-20-28(17-18-30(31)35)27-15-13-26(14-16-27)25-11-8-23(9-12-25)10-19-32(36)37/h4-7,13-18,20,22-23,25H,3,8-12,19,21H2,1-2H3,(H,34,38)(H,36,37). The summed E-state index contributed by atoms with van der Waals surface area (Å²) in [7, 11) is 0. The van der Waals surface area contributed by atoms with Crippen molar-refractivity contribution in [2.24, 2.45) is 5.92 Å². The van der Waals surface area contributed by atoms with E-state index < -0.39 is 5.97 Å². The van der Waals surface area contributed by atoms with Gasteiger partial charge in [-0.15, -0.1) is 0 Å². The van der Waals surface area contributed by atoms with Gasteiger partial charge in [-0.1, -0.05) is 55.5 Å². The van der Waals surface area contributed by atoms with Crippen molar-refractivity contribution in [3.05, 3.63) is 77.9 Å². The third-order valence-electron chi connectivity index (χ3n) is 8.23. The number of benzene rings is 3. The zero-order chi connectivity index (χ0) is 27.4. The highest BCUT2D eigenvalue weighted by atomic mass is 16.5. The van der Waals surface area contributed by atoms with Crippen molar-refractivity contribution in [3.8, 4) is 16.9 Å². The number of hydrogen-bond acceptors (Lipinski definition) is 3. The molecule has 1 unspecified atom stereocenters. The fourth-order valence-electron chi connectivity index (χ4n) is 6.01. The molecule has 0 radical (unpaired) electrons. The molecule has 2 N–H and O–H groups in total. The lowest BCUT2D eigenvalue weighted by Gasteiger charge is -2.34. The number of rotatable bonds is 7. The Morgan fingerprint density at radius 1 is 0.974 bits per heavy atom.